The summed E-state index contributed by atoms with van der Waals surface area (Å²) in [5.41, 5.74) is 1.26. The predicted molar refractivity (Wildman–Crippen MR) is 101 cm³/mol. The van der Waals surface area contributed by atoms with Crippen LogP contribution in [0.15, 0.2) is 42.5 Å². The highest BCUT2D eigenvalue weighted by Crippen LogP contribution is 2.07. The number of carbonyl (C=O) groups excluding carboxylic acids is 1. The summed E-state index contributed by atoms with van der Waals surface area (Å²) in [6.45, 7) is 4.05. The Hall–Kier alpha value is -1.61. The molecule has 0 aromatic heterocycles. The van der Waals surface area contributed by atoms with Crippen molar-refractivity contribution in [1.82, 2.24) is 5.32 Å². The van der Waals surface area contributed by atoms with E-state index in [-0.39, 0.29) is 11.9 Å². The molecule has 2 N–H and O–H groups in total. The van der Waals surface area contributed by atoms with Crippen LogP contribution in [-0.2, 0) is 11.2 Å². The summed E-state index contributed by atoms with van der Waals surface area (Å²) in [5, 5.41) is 13.0. The summed E-state index contributed by atoms with van der Waals surface area (Å²) >= 11 is 0. The highest BCUT2D eigenvalue weighted by molar-refractivity contribution is 5.76. The van der Waals surface area contributed by atoms with Crippen LogP contribution in [0.3, 0.4) is 0 Å². The van der Waals surface area contributed by atoms with Crippen molar-refractivity contribution in [2.45, 2.75) is 77.4 Å². The lowest BCUT2D eigenvalue weighted by Crippen LogP contribution is -2.40. The Labute approximate surface area is 147 Å². The monoisotopic (exact) mass is 331 g/mol. The fraction of sp³-hybridized carbons (Fsp3) is 0.571. The standard InChI is InChI=1S/C21H33NO2/c1-3-4-5-6-10-17-21(24)22-18(2)20(23)16-12-11-15-19-13-8-7-9-14-19/h7-9,11-14,18,20,23H,3-6,10,15-17H2,1-2H3,(H,22,24)/b12-11+/t18-,20+/m0/s1. The van der Waals surface area contributed by atoms with Crippen molar-refractivity contribution < 1.29 is 9.90 Å². The maximum absolute atomic E-state index is 11.9. The first-order valence-corrected chi connectivity index (χ1v) is 9.29. The van der Waals surface area contributed by atoms with E-state index < -0.39 is 6.10 Å². The number of aliphatic hydroxyl groups is 1. The van der Waals surface area contributed by atoms with Gasteiger partial charge >= 0.3 is 0 Å². The molecule has 0 aliphatic rings. The Morgan fingerprint density at radius 1 is 1.12 bits per heavy atom. The molecule has 0 radical (unpaired) electrons. The summed E-state index contributed by atoms with van der Waals surface area (Å²) in [5.74, 6) is 0.0475. The van der Waals surface area contributed by atoms with Crippen LogP contribution in [0.5, 0.6) is 0 Å². The van der Waals surface area contributed by atoms with Crippen molar-refractivity contribution in [2.75, 3.05) is 0 Å². The van der Waals surface area contributed by atoms with Gasteiger partial charge in [0.25, 0.3) is 0 Å². The molecule has 3 nitrogen and oxygen atoms in total. The number of hydrogen-bond donors (Lipinski definition) is 2. The van der Waals surface area contributed by atoms with Crippen LogP contribution in [0.1, 0.15) is 64.4 Å². The van der Waals surface area contributed by atoms with E-state index in [1.54, 1.807) is 0 Å². The molecule has 0 spiro atoms. The Morgan fingerprint density at radius 2 is 1.83 bits per heavy atom. The molecule has 1 aromatic carbocycles. The maximum Gasteiger partial charge on any atom is 0.220 e. The second-order valence-electron chi connectivity index (χ2n) is 6.48. The first-order valence-electron chi connectivity index (χ1n) is 9.29. The molecule has 2 atom stereocenters. The summed E-state index contributed by atoms with van der Waals surface area (Å²) < 4.78 is 0. The SMILES string of the molecule is CCCCCCCC(=O)N[C@@H](C)[C@H](O)C/C=C/Cc1ccccc1. The van der Waals surface area contributed by atoms with Gasteiger partial charge in [-0.15, -0.1) is 0 Å². The number of hydrogen-bond acceptors (Lipinski definition) is 2. The van der Waals surface area contributed by atoms with Gasteiger partial charge in [0.15, 0.2) is 0 Å². The molecule has 3 heteroatoms. The summed E-state index contributed by atoms with van der Waals surface area (Å²) in [4.78, 5) is 11.9. The van der Waals surface area contributed by atoms with Gasteiger partial charge in [-0.2, -0.15) is 0 Å². The van der Waals surface area contributed by atoms with Crippen LogP contribution >= 0.6 is 0 Å². The molecule has 1 amide bonds. The lowest BCUT2D eigenvalue weighted by atomic mass is 10.1. The third-order valence-electron chi connectivity index (χ3n) is 4.21. The van der Waals surface area contributed by atoms with Crippen molar-refractivity contribution in [1.29, 1.82) is 0 Å². The van der Waals surface area contributed by atoms with E-state index in [2.05, 4.69) is 30.4 Å². The molecule has 24 heavy (non-hydrogen) atoms. The van der Waals surface area contributed by atoms with Crippen molar-refractivity contribution in [3.63, 3.8) is 0 Å². The number of unbranched alkanes of at least 4 members (excludes halogenated alkanes) is 4. The van der Waals surface area contributed by atoms with E-state index in [9.17, 15) is 9.90 Å². The number of aliphatic hydroxyl groups excluding tert-OH is 1. The number of carbonyl (C=O) groups is 1. The Kier molecular flexibility index (Phi) is 10.9. The molecule has 0 heterocycles. The van der Waals surface area contributed by atoms with Crippen LogP contribution in [-0.4, -0.2) is 23.2 Å². The van der Waals surface area contributed by atoms with Gasteiger partial charge < -0.3 is 10.4 Å². The minimum atomic E-state index is -0.541. The predicted octanol–water partition coefficient (Wildman–Crippen LogP) is 4.40. The van der Waals surface area contributed by atoms with E-state index in [4.69, 9.17) is 0 Å². The Balaban J connectivity index is 2.17. The second kappa shape index (κ2) is 12.8. The molecular formula is C21H33NO2. The molecule has 0 aliphatic carbocycles. The maximum atomic E-state index is 11.9. The van der Waals surface area contributed by atoms with E-state index >= 15 is 0 Å². The number of amides is 1. The van der Waals surface area contributed by atoms with Crippen molar-refractivity contribution in [3.8, 4) is 0 Å². The topological polar surface area (TPSA) is 49.3 Å². The van der Waals surface area contributed by atoms with Gasteiger partial charge in [-0.3, -0.25) is 4.79 Å². The van der Waals surface area contributed by atoms with Crippen LogP contribution < -0.4 is 5.32 Å². The fourth-order valence-electron chi connectivity index (χ4n) is 2.58. The molecular weight excluding hydrogens is 298 g/mol. The van der Waals surface area contributed by atoms with E-state index in [1.807, 2.05) is 31.2 Å². The van der Waals surface area contributed by atoms with Gasteiger partial charge in [0, 0.05) is 6.42 Å². The van der Waals surface area contributed by atoms with Crippen LogP contribution in [0.4, 0.5) is 0 Å². The molecule has 1 aromatic rings. The van der Waals surface area contributed by atoms with Crippen LogP contribution in [0.25, 0.3) is 0 Å². The molecule has 0 aliphatic heterocycles. The number of nitrogens with one attached hydrogen (secondary N) is 1. The van der Waals surface area contributed by atoms with Gasteiger partial charge in [0.1, 0.15) is 0 Å². The van der Waals surface area contributed by atoms with Crippen LogP contribution in [0, 0.1) is 0 Å². The molecule has 0 fully saturated rings. The summed E-state index contributed by atoms with van der Waals surface area (Å²) in [6, 6.07) is 10.0. The fourth-order valence-corrected chi connectivity index (χ4v) is 2.58. The minimum Gasteiger partial charge on any atom is -0.391 e. The highest BCUT2D eigenvalue weighted by Gasteiger charge is 2.14. The number of benzene rings is 1. The molecule has 0 bridgehead atoms. The Morgan fingerprint density at radius 3 is 2.54 bits per heavy atom. The third kappa shape index (κ3) is 9.51. The molecule has 134 valence electrons. The smallest absolute Gasteiger partial charge is 0.220 e. The zero-order valence-electron chi connectivity index (χ0n) is 15.2. The first-order chi connectivity index (χ1) is 11.6. The number of allylic oxidation sites excluding steroid dienone is 1. The molecule has 0 saturated heterocycles. The van der Waals surface area contributed by atoms with E-state index in [1.165, 1.54) is 24.8 Å². The van der Waals surface area contributed by atoms with Gasteiger partial charge in [-0.05, 0) is 31.7 Å². The third-order valence-corrected chi connectivity index (χ3v) is 4.21. The Bertz CT molecular complexity index is 470. The van der Waals surface area contributed by atoms with Gasteiger partial charge in [-0.25, -0.2) is 0 Å². The quantitative estimate of drug-likeness (QED) is 0.440. The largest absolute Gasteiger partial charge is 0.391 e. The highest BCUT2D eigenvalue weighted by atomic mass is 16.3. The molecule has 1 rings (SSSR count). The first kappa shape index (κ1) is 20.4. The zero-order valence-corrected chi connectivity index (χ0v) is 15.2. The van der Waals surface area contributed by atoms with Crippen LogP contribution in [0.2, 0.25) is 0 Å². The van der Waals surface area contributed by atoms with Crippen molar-refractivity contribution >= 4 is 5.91 Å². The number of rotatable bonds is 12. The van der Waals surface area contributed by atoms with Gasteiger partial charge in [0.05, 0.1) is 12.1 Å². The zero-order chi connectivity index (χ0) is 17.6. The lowest BCUT2D eigenvalue weighted by Gasteiger charge is -2.19. The normalized spacial score (nSPS) is 13.8. The summed E-state index contributed by atoms with van der Waals surface area (Å²) in [7, 11) is 0. The van der Waals surface area contributed by atoms with E-state index in [0.717, 1.165) is 19.3 Å². The molecule has 0 unspecified atom stereocenters. The van der Waals surface area contributed by atoms with Gasteiger partial charge in [0.2, 0.25) is 5.91 Å². The molecule has 0 saturated carbocycles. The summed E-state index contributed by atoms with van der Waals surface area (Å²) in [6.07, 6.45) is 11.2. The average molecular weight is 332 g/mol. The van der Waals surface area contributed by atoms with Gasteiger partial charge in [-0.1, -0.05) is 75.1 Å². The van der Waals surface area contributed by atoms with Crippen molar-refractivity contribution in [2.24, 2.45) is 0 Å². The average Bonchev–Trinajstić information content (AvgIpc) is 2.59. The lowest BCUT2D eigenvalue weighted by molar-refractivity contribution is -0.122. The minimum absolute atomic E-state index is 0.0475. The second-order valence-corrected chi connectivity index (χ2v) is 6.48. The van der Waals surface area contributed by atoms with E-state index in [0.29, 0.717) is 12.8 Å². The van der Waals surface area contributed by atoms with Crippen molar-refractivity contribution in [3.05, 3.63) is 48.0 Å².